The van der Waals surface area contributed by atoms with Crippen LogP contribution in [0.15, 0.2) is 10.2 Å². The summed E-state index contributed by atoms with van der Waals surface area (Å²) in [5.74, 6) is 0. The van der Waals surface area contributed by atoms with E-state index in [9.17, 15) is 5.11 Å². The highest BCUT2D eigenvalue weighted by Crippen LogP contribution is 2.43. The van der Waals surface area contributed by atoms with Gasteiger partial charge in [-0.3, -0.25) is 9.68 Å². The summed E-state index contributed by atoms with van der Waals surface area (Å²) in [4.78, 5) is 12.5. The SMILES string of the molecule is CC(C)(C)CON1C(C)(C)CC(N=NC2CC(C)(C)N(OCC(C)(C)O)C(C)(C)C2)CC1(C)C. The molecular formula is C27H54N4O3. The molecule has 2 aliphatic rings. The van der Waals surface area contributed by atoms with Gasteiger partial charge in [-0.15, -0.1) is 0 Å². The van der Waals surface area contributed by atoms with E-state index in [1.165, 1.54) is 0 Å². The van der Waals surface area contributed by atoms with Crippen molar-refractivity contribution in [2.75, 3.05) is 13.2 Å². The van der Waals surface area contributed by atoms with Crippen LogP contribution in [-0.4, -0.2) is 68.3 Å². The van der Waals surface area contributed by atoms with Crippen LogP contribution in [0.2, 0.25) is 0 Å². The summed E-state index contributed by atoms with van der Waals surface area (Å²) in [6.45, 7) is 28.9. The highest BCUT2D eigenvalue weighted by Gasteiger charge is 2.49. The van der Waals surface area contributed by atoms with Gasteiger partial charge < -0.3 is 5.11 Å². The second-order valence-corrected chi connectivity index (χ2v) is 15.1. The Bertz CT molecular complexity index is 620. The molecule has 0 saturated carbocycles. The van der Waals surface area contributed by atoms with Gasteiger partial charge in [0.2, 0.25) is 0 Å². The molecule has 0 bridgehead atoms. The van der Waals surface area contributed by atoms with E-state index in [4.69, 9.17) is 19.9 Å². The minimum atomic E-state index is -0.867. The lowest BCUT2D eigenvalue weighted by atomic mass is 9.78. The monoisotopic (exact) mass is 482 g/mol. The van der Waals surface area contributed by atoms with Gasteiger partial charge >= 0.3 is 0 Å². The summed E-state index contributed by atoms with van der Waals surface area (Å²) in [6, 6.07) is 0.323. The quantitative estimate of drug-likeness (QED) is 0.440. The molecule has 2 fully saturated rings. The van der Waals surface area contributed by atoms with E-state index in [1.54, 1.807) is 13.8 Å². The Labute approximate surface area is 209 Å². The Morgan fingerprint density at radius 3 is 1.21 bits per heavy atom. The second-order valence-electron chi connectivity index (χ2n) is 15.1. The van der Waals surface area contributed by atoms with E-state index in [0.717, 1.165) is 25.7 Å². The van der Waals surface area contributed by atoms with Crippen LogP contribution in [0, 0.1) is 5.41 Å². The van der Waals surface area contributed by atoms with E-state index in [1.807, 2.05) is 0 Å². The fraction of sp³-hybridized carbons (Fsp3) is 1.00. The number of piperidine rings is 2. The standard InChI is InChI=1S/C27H54N4O3/c1-22(2,3)18-33-30-23(4,5)14-20(15-24(30,6)7)28-29-21-16-25(8,9)31(26(10,11)17-21)34-19-27(12,13)32/h20-21,32H,14-19H2,1-13H3. The topological polar surface area (TPSA) is 69.9 Å². The molecule has 0 aliphatic carbocycles. The summed E-state index contributed by atoms with van der Waals surface area (Å²) in [6.07, 6.45) is 3.58. The Balaban J connectivity index is 2.10. The Kier molecular flexibility index (Phi) is 8.45. The van der Waals surface area contributed by atoms with Gasteiger partial charge in [0.25, 0.3) is 0 Å². The Morgan fingerprint density at radius 2 is 0.941 bits per heavy atom. The van der Waals surface area contributed by atoms with Crippen molar-refractivity contribution in [1.82, 2.24) is 10.1 Å². The smallest absolute Gasteiger partial charge is 0.0967 e. The minimum Gasteiger partial charge on any atom is -0.388 e. The van der Waals surface area contributed by atoms with Crippen molar-refractivity contribution in [1.29, 1.82) is 0 Å². The summed E-state index contributed by atoms with van der Waals surface area (Å²) in [5, 5.41) is 24.3. The van der Waals surface area contributed by atoms with Crippen molar-refractivity contribution in [2.45, 2.75) is 156 Å². The molecule has 0 unspecified atom stereocenters. The molecule has 0 aromatic heterocycles. The molecule has 2 aliphatic heterocycles. The molecule has 2 heterocycles. The zero-order valence-electron chi connectivity index (χ0n) is 24.4. The van der Waals surface area contributed by atoms with Crippen LogP contribution in [0.3, 0.4) is 0 Å². The second kappa shape index (κ2) is 9.70. The third-order valence-corrected chi connectivity index (χ3v) is 6.71. The molecular weight excluding hydrogens is 428 g/mol. The molecule has 2 saturated heterocycles. The van der Waals surface area contributed by atoms with Crippen LogP contribution in [0.25, 0.3) is 0 Å². The van der Waals surface area contributed by atoms with Crippen LogP contribution in [0.1, 0.15) is 116 Å². The first-order valence-corrected chi connectivity index (χ1v) is 13.0. The van der Waals surface area contributed by atoms with Crippen molar-refractivity contribution in [3.8, 4) is 0 Å². The van der Waals surface area contributed by atoms with Crippen molar-refractivity contribution in [2.24, 2.45) is 15.6 Å². The van der Waals surface area contributed by atoms with Gasteiger partial charge in [-0.1, -0.05) is 20.8 Å². The van der Waals surface area contributed by atoms with Gasteiger partial charge in [0.1, 0.15) is 0 Å². The van der Waals surface area contributed by atoms with Crippen LogP contribution in [0.4, 0.5) is 0 Å². The summed E-state index contributed by atoms with van der Waals surface area (Å²) in [7, 11) is 0. The summed E-state index contributed by atoms with van der Waals surface area (Å²) >= 11 is 0. The first-order chi connectivity index (χ1) is 15.0. The molecule has 0 aromatic rings. The molecule has 0 radical (unpaired) electrons. The molecule has 0 atom stereocenters. The van der Waals surface area contributed by atoms with E-state index >= 15 is 0 Å². The Hall–Kier alpha value is -0.600. The van der Waals surface area contributed by atoms with Crippen LogP contribution >= 0.6 is 0 Å². The number of hydrogen-bond acceptors (Lipinski definition) is 7. The molecule has 1 N–H and O–H groups in total. The average molecular weight is 483 g/mol. The van der Waals surface area contributed by atoms with Gasteiger partial charge in [0.05, 0.1) is 30.9 Å². The third kappa shape index (κ3) is 7.95. The molecule has 0 aromatic carbocycles. The fourth-order valence-electron chi connectivity index (χ4n) is 5.95. The van der Waals surface area contributed by atoms with Gasteiger partial charge in [0, 0.05) is 22.2 Å². The summed E-state index contributed by atoms with van der Waals surface area (Å²) in [5.41, 5.74) is -1.41. The normalized spacial score (nSPS) is 26.9. The molecule has 0 amide bonds. The lowest BCUT2D eigenvalue weighted by molar-refractivity contribution is -0.298. The molecule has 2 rings (SSSR count). The first-order valence-electron chi connectivity index (χ1n) is 13.0. The Morgan fingerprint density at radius 1 is 0.647 bits per heavy atom. The number of nitrogens with zero attached hydrogens (tertiary/aromatic N) is 4. The molecule has 0 spiro atoms. The van der Waals surface area contributed by atoms with Gasteiger partial charge in [-0.05, 0) is 100 Å². The minimum absolute atomic E-state index is 0.119. The van der Waals surface area contributed by atoms with E-state index < -0.39 is 5.60 Å². The van der Waals surface area contributed by atoms with Crippen molar-refractivity contribution in [3.63, 3.8) is 0 Å². The number of hydrogen-bond donors (Lipinski definition) is 1. The van der Waals surface area contributed by atoms with Crippen LogP contribution in [-0.2, 0) is 9.68 Å². The molecule has 34 heavy (non-hydrogen) atoms. The average Bonchev–Trinajstić information content (AvgIpc) is 2.53. The molecule has 200 valence electrons. The number of rotatable bonds is 7. The number of azo groups is 1. The predicted octanol–water partition coefficient (Wildman–Crippen LogP) is 6.16. The maximum Gasteiger partial charge on any atom is 0.0967 e. The zero-order chi connectivity index (χ0) is 26.4. The largest absolute Gasteiger partial charge is 0.388 e. The van der Waals surface area contributed by atoms with Crippen molar-refractivity contribution >= 4 is 0 Å². The van der Waals surface area contributed by atoms with Gasteiger partial charge in [-0.25, -0.2) is 0 Å². The van der Waals surface area contributed by atoms with E-state index in [-0.39, 0.29) is 46.3 Å². The maximum atomic E-state index is 10.1. The molecule has 7 heteroatoms. The molecule has 7 nitrogen and oxygen atoms in total. The van der Waals surface area contributed by atoms with Gasteiger partial charge in [-0.2, -0.15) is 20.4 Å². The fourth-order valence-corrected chi connectivity index (χ4v) is 5.95. The van der Waals surface area contributed by atoms with E-state index in [0.29, 0.717) is 6.61 Å². The first kappa shape index (κ1) is 29.6. The predicted molar refractivity (Wildman–Crippen MR) is 139 cm³/mol. The van der Waals surface area contributed by atoms with Crippen LogP contribution < -0.4 is 0 Å². The third-order valence-electron chi connectivity index (χ3n) is 6.71. The summed E-state index contributed by atoms with van der Waals surface area (Å²) < 4.78 is 0. The van der Waals surface area contributed by atoms with Crippen LogP contribution in [0.5, 0.6) is 0 Å². The van der Waals surface area contributed by atoms with Crippen molar-refractivity contribution < 1.29 is 14.8 Å². The lowest BCUT2D eigenvalue weighted by Gasteiger charge is -2.54. The highest BCUT2D eigenvalue weighted by molar-refractivity contribution is 5.01. The lowest BCUT2D eigenvalue weighted by Crippen LogP contribution is -2.62. The zero-order valence-corrected chi connectivity index (χ0v) is 24.4. The highest BCUT2D eigenvalue weighted by atomic mass is 16.7. The number of hydroxylamine groups is 4. The maximum absolute atomic E-state index is 10.1. The van der Waals surface area contributed by atoms with Crippen molar-refractivity contribution in [3.05, 3.63) is 0 Å². The number of aliphatic hydroxyl groups is 1. The van der Waals surface area contributed by atoms with Gasteiger partial charge in [0.15, 0.2) is 0 Å². The van der Waals surface area contributed by atoms with E-state index in [2.05, 4.69) is 86.3 Å².